The van der Waals surface area contributed by atoms with Gasteiger partial charge in [-0.15, -0.1) is 0 Å². The normalized spacial score (nSPS) is 16.2. The molecule has 0 saturated carbocycles. The van der Waals surface area contributed by atoms with Gasteiger partial charge >= 0.3 is 0 Å². The van der Waals surface area contributed by atoms with Gasteiger partial charge in [-0.25, -0.2) is 9.97 Å². The third kappa shape index (κ3) is 4.52. The Bertz CT molecular complexity index is 792. The van der Waals surface area contributed by atoms with E-state index in [2.05, 4.69) is 20.6 Å². The average molecular weight is 337 g/mol. The van der Waals surface area contributed by atoms with Crippen LogP contribution in [0.25, 0.3) is 0 Å². The lowest BCUT2D eigenvalue weighted by atomic mass is 10.2. The number of rotatable bonds is 5. The zero-order chi connectivity index (χ0) is 17.6. The molecule has 2 N–H and O–H groups in total. The summed E-state index contributed by atoms with van der Waals surface area (Å²) in [6.07, 6.45) is 2.25. The molecule has 0 bridgehead atoms. The SMILES string of the molecule is Cc1cc(C(=O)Nc2ccc(C#N)cc2)nc(NCC2CCCO2)n1. The van der Waals surface area contributed by atoms with Crippen LogP contribution in [0.5, 0.6) is 0 Å². The minimum atomic E-state index is -0.324. The van der Waals surface area contributed by atoms with Crippen molar-refractivity contribution in [3.05, 3.63) is 47.3 Å². The molecule has 128 valence electrons. The second-order valence-corrected chi connectivity index (χ2v) is 5.88. The second-order valence-electron chi connectivity index (χ2n) is 5.88. The van der Waals surface area contributed by atoms with Crippen molar-refractivity contribution in [2.45, 2.75) is 25.9 Å². The Morgan fingerprint density at radius 2 is 2.16 bits per heavy atom. The van der Waals surface area contributed by atoms with E-state index in [1.807, 2.05) is 13.0 Å². The van der Waals surface area contributed by atoms with Crippen molar-refractivity contribution in [1.29, 1.82) is 5.26 Å². The number of carbonyl (C=O) groups excluding carboxylic acids is 1. The number of aryl methyl sites for hydroxylation is 1. The number of nitrogens with one attached hydrogen (secondary N) is 2. The maximum Gasteiger partial charge on any atom is 0.274 e. The first-order chi connectivity index (χ1) is 12.1. The van der Waals surface area contributed by atoms with E-state index < -0.39 is 0 Å². The molecule has 1 unspecified atom stereocenters. The van der Waals surface area contributed by atoms with Crippen LogP contribution in [0.4, 0.5) is 11.6 Å². The molecule has 1 saturated heterocycles. The molecule has 0 aliphatic carbocycles. The molecule has 1 atom stereocenters. The van der Waals surface area contributed by atoms with Crippen LogP contribution >= 0.6 is 0 Å². The van der Waals surface area contributed by atoms with Crippen LogP contribution in [0.15, 0.2) is 30.3 Å². The Morgan fingerprint density at radius 1 is 1.36 bits per heavy atom. The maximum absolute atomic E-state index is 12.4. The van der Waals surface area contributed by atoms with Gasteiger partial charge in [0.15, 0.2) is 0 Å². The summed E-state index contributed by atoms with van der Waals surface area (Å²) < 4.78 is 5.56. The summed E-state index contributed by atoms with van der Waals surface area (Å²) in [4.78, 5) is 21.0. The molecule has 2 heterocycles. The molecule has 1 aliphatic heterocycles. The average Bonchev–Trinajstić information content (AvgIpc) is 3.14. The number of carbonyl (C=O) groups is 1. The summed E-state index contributed by atoms with van der Waals surface area (Å²) in [6.45, 7) is 3.23. The van der Waals surface area contributed by atoms with Crippen molar-refractivity contribution in [2.75, 3.05) is 23.8 Å². The van der Waals surface area contributed by atoms with Gasteiger partial charge in [0.05, 0.1) is 17.7 Å². The number of hydrogen-bond acceptors (Lipinski definition) is 6. The van der Waals surface area contributed by atoms with Crippen molar-refractivity contribution in [2.24, 2.45) is 0 Å². The number of anilines is 2. The quantitative estimate of drug-likeness (QED) is 0.869. The predicted molar refractivity (Wildman–Crippen MR) is 93.3 cm³/mol. The third-order valence-electron chi connectivity index (χ3n) is 3.87. The minimum absolute atomic E-state index is 0.167. The topological polar surface area (TPSA) is 99.9 Å². The highest BCUT2D eigenvalue weighted by Crippen LogP contribution is 2.14. The molecule has 1 fully saturated rings. The van der Waals surface area contributed by atoms with Gasteiger partial charge in [0.25, 0.3) is 5.91 Å². The Balaban J connectivity index is 1.67. The van der Waals surface area contributed by atoms with E-state index in [1.165, 1.54) is 0 Å². The van der Waals surface area contributed by atoms with Gasteiger partial charge in [-0.1, -0.05) is 0 Å². The highest BCUT2D eigenvalue weighted by Gasteiger charge is 2.16. The first kappa shape index (κ1) is 16.9. The number of aromatic nitrogens is 2. The lowest BCUT2D eigenvalue weighted by molar-refractivity contribution is 0.102. The predicted octanol–water partition coefficient (Wildman–Crippen LogP) is 2.50. The summed E-state index contributed by atoms with van der Waals surface area (Å²) in [5, 5.41) is 14.7. The van der Waals surface area contributed by atoms with Gasteiger partial charge in [0.1, 0.15) is 5.69 Å². The van der Waals surface area contributed by atoms with Gasteiger partial charge in [-0.05, 0) is 50.1 Å². The Kier molecular flexibility index (Phi) is 5.21. The Hall–Kier alpha value is -2.98. The third-order valence-corrected chi connectivity index (χ3v) is 3.87. The van der Waals surface area contributed by atoms with Gasteiger partial charge in [0, 0.05) is 24.5 Å². The molecule has 1 amide bonds. The second kappa shape index (κ2) is 7.73. The Labute approximate surface area is 146 Å². The fraction of sp³-hybridized carbons (Fsp3) is 0.333. The summed E-state index contributed by atoms with van der Waals surface area (Å²) in [5.74, 6) is 0.0934. The van der Waals surface area contributed by atoms with E-state index in [1.54, 1.807) is 30.3 Å². The summed E-state index contributed by atoms with van der Waals surface area (Å²) in [6, 6.07) is 10.3. The van der Waals surface area contributed by atoms with Crippen LogP contribution in [0, 0.1) is 18.3 Å². The van der Waals surface area contributed by atoms with E-state index >= 15 is 0 Å². The maximum atomic E-state index is 12.4. The zero-order valence-electron chi connectivity index (χ0n) is 14.0. The highest BCUT2D eigenvalue weighted by atomic mass is 16.5. The van der Waals surface area contributed by atoms with Crippen molar-refractivity contribution in [1.82, 2.24) is 9.97 Å². The minimum Gasteiger partial charge on any atom is -0.376 e. The van der Waals surface area contributed by atoms with Crippen molar-refractivity contribution < 1.29 is 9.53 Å². The fourth-order valence-electron chi connectivity index (χ4n) is 2.60. The van der Waals surface area contributed by atoms with E-state index in [4.69, 9.17) is 10.00 Å². The summed E-state index contributed by atoms with van der Waals surface area (Å²) in [7, 11) is 0. The number of hydrogen-bond donors (Lipinski definition) is 2. The van der Waals surface area contributed by atoms with E-state index in [0.29, 0.717) is 29.4 Å². The molecule has 1 aliphatic rings. The highest BCUT2D eigenvalue weighted by molar-refractivity contribution is 6.03. The molecule has 1 aromatic heterocycles. The van der Waals surface area contributed by atoms with Crippen LogP contribution in [-0.4, -0.2) is 35.1 Å². The molecule has 1 aromatic carbocycles. The van der Waals surface area contributed by atoms with E-state index in [0.717, 1.165) is 19.4 Å². The molecule has 0 radical (unpaired) electrons. The number of benzene rings is 1. The fourth-order valence-corrected chi connectivity index (χ4v) is 2.60. The monoisotopic (exact) mass is 337 g/mol. The molecule has 7 heteroatoms. The smallest absolute Gasteiger partial charge is 0.274 e. The number of amides is 1. The largest absolute Gasteiger partial charge is 0.376 e. The lowest BCUT2D eigenvalue weighted by Crippen LogP contribution is -2.21. The van der Waals surface area contributed by atoms with Crippen LogP contribution in [0.2, 0.25) is 0 Å². The molecule has 7 nitrogen and oxygen atoms in total. The zero-order valence-corrected chi connectivity index (χ0v) is 14.0. The molecule has 25 heavy (non-hydrogen) atoms. The van der Waals surface area contributed by atoms with Crippen molar-refractivity contribution >= 4 is 17.5 Å². The Morgan fingerprint density at radius 3 is 2.84 bits per heavy atom. The lowest BCUT2D eigenvalue weighted by Gasteiger charge is -2.12. The molecular formula is C18H19N5O2. The molecule has 3 rings (SSSR count). The standard InChI is InChI=1S/C18H19N5O2/c1-12-9-16(17(24)22-14-6-4-13(10-19)5-7-14)23-18(21-12)20-11-15-3-2-8-25-15/h4-7,9,15H,2-3,8,11H2,1H3,(H,22,24)(H,20,21,23). The molecule has 2 aromatic rings. The summed E-state index contributed by atoms with van der Waals surface area (Å²) >= 11 is 0. The van der Waals surface area contributed by atoms with Crippen molar-refractivity contribution in [3.63, 3.8) is 0 Å². The summed E-state index contributed by atoms with van der Waals surface area (Å²) in [5.41, 5.74) is 2.13. The van der Waals surface area contributed by atoms with Crippen LogP contribution < -0.4 is 10.6 Å². The van der Waals surface area contributed by atoms with Gasteiger partial charge in [-0.3, -0.25) is 4.79 Å². The first-order valence-electron chi connectivity index (χ1n) is 8.17. The van der Waals surface area contributed by atoms with Gasteiger partial charge in [0.2, 0.25) is 5.95 Å². The number of nitrogens with zero attached hydrogens (tertiary/aromatic N) is 3. The van der Waals surface area contributed by atoms with E-state index in [-0.39, 0.29) is 17.7 Å². The van der Waals surface area contributed by atoms with Crippen LogP contribution in [0.3, 0.4) is 0 Å². The van der Waals surface area contributed by atoms with Crippen LogP contribution in [-0.2, 0) is 4.74 Å². The number of ether oxygens (including phenoxy) is 1. The molecule has 0 spiro atoms. The van der Waals surface area contributed by atoms with Crippen molar-refractivity contribution in [3.8, 4) is 6.07 Å². The molecular weight excluding hydrogens is 318 g/mol. The van der Waals surface area contributed by atoms with Crippen LogP contribution in [0.1, 0.15) is 34.6 Å². The number of nitriles is 1. The van der Waals surface area contributed by atoms with Gasteiger partial charge < -0.3 is 15.4 Å². The van der Waals surface area contributed by atoms with E-state index in [9.17, 15) is 4.79 Å². The van der Waals surface area contributed by atoms with Gasteiger partial charge in [-0.2, -0.15) is 5.26 Å². The first-order valence-corrected chi connectivity index (χ1v) is 8.17.